The smallest absolute Gasteiger partial charge is 0.129 e. The van der Waals surface area contributed by atoms with Gasteiger partial charge < -0.3 is 10.4 Å². The van der Waals surface area contributed by atoms with Crippen LogP contribution in [0.25, 0.3) is 0 Å². The Morgan fingerprint density at radius 1 is 1.47 bits per heavy atom. The number of aliphatic hydroxyl groups is 1. The minimum atomic E-state index is -0.791. The number of thioether (sulfide) groups is 1. The number of hydrogen-bond donors (Lipinski definition) is 2. The number of halogens is 1. The van der Waals surface area contributed by atoms with Gasteiger partial charge in [0.05, 0.1) is 6.10 Å². The molecule has 0 aromatic heterocycles. The first-order chi connectivity index (χ1) is 8.25. The van der Waals surface area contributed by atoms with Gasteiger partial charge in [-0.15, -0.1) is 6.58 Å². The highest BCUT2D eigenvalue weighted by atomic mass is 32.2. The summed E-state index contributed by atoms with van der Waals surface area (Å²) in [4.78, 5) is 0. The van der Waals surface area contributed by atoms with Crippen LogP contribution in [0.15, 0.2) is 36.9 Å². The summed E-state index contributed by atoms with van der Waals surface area (Å²) in [6.45, 7) is 4.80. The second kappa shape index (κ2) is 8.28. The van der Waals surface area contributed by atoms with Crippen molar-refractivity contribution in [2.45, 2.75) is 6.10 Å². The van der Waals surface area contributed by atoms with Gasteiger partial charge in [-0.3, -0.25) is 0 Å². The van der Waals surface area contributed by atoms with Crippen molar-refractivity contribution in [3.05, 3.63) is 48.3 Å². The molecule has 0 fully saturated rings. The second-order valence-corrected chi connectivity index (χ2v) is 4.75. The Kier molecular flexibility index (Phi) is 6.93. The molecule has 17 heavy (non-hydrogen) atoms. The van der Waals surface area contributed by atoms with Crippen LogP contribution in [0, 0.1) is 5.82 Å². The van der Waals surface area contributed by atoms with E-state index in [2.05, 4.69) is 11.9 Å². The molecule has 1 atom stereocenters. The van der Waals surface area contributed by atoms with Crippen LogP contribution in [0.2, 0.25) is 0 Å². The van der Waals surface area contributed by atoms with Crippen LogP contribution in [-0.4, -0.2) is 29.7 Å². The van der Waals surface area contributed by atoms with Gasteiger partial charge in [0.25, 0.3) is 0 Å². The van der Waals surface area contributed by atoms with Gasteiger partial charge in [0.1, 0.15) is 5.82 Å². The maximum Gasteiger partial charge on any atom is 0.129 e. The molecule has 2 nitrogen and oxygen atoms in total. The molecule has 1 aromatic rings. The maximum atomic E-state index is 13.3. The van der Waals surface area contributed by atoms with Crippen molar-refractivity contribution < 1.29 is 9.50 Å². The van der Waals surface area contributed by atoms with E-state index in [-0.39, 0.29) is 5.82 Å². The second-order valence-electron chi connectivity index (χ2n) is 3.61. The highest BCUT2D eigenvalue weighted by molar-refractivity contribution is 7.99. The summed E-state index contributed by atoms with van der Waals surface area (Å²) in [5.74, 6) is 1.52. The van der Waals surface area contributed by atoms with Crippen molar-refractivity contribution in [2.24, 2.45) is 0 Å². The number of aliphatic hydroxyl groups excluding tert-OH is 1. The largest absolute Gasteiger partial charge is 0.387 e. The Morgan fingerprint density at radius 2 is 2.24 bits per heavy atom. The molecule has 0 aliphatic rings. The van der Waals surface area contributed by atoms with E-state index < -0.39 is 6.10 Å². The number of hydrogen-bond acceptors (Lipinski definition) is 3. The number of nitrogens with one attached hydrogen (secondary N) is 1. The molecule has 1 rings (SSSR count). The van der Waals surface area contributed by atoms with Crippen LogP contribution in [0.1, 0.15) is 11.7 Å². The molecule has 0 aliphatic carbocycles. The quantitative estimate of drug-likeness (QED) is 0.552. The normalized spacial score (nSPS) is 12.4. The van der Waals surface area contributed by atoms with E-state index in [0.29, 0.717) is 12.1 Å². The molecular formula is C13H18FNOS. The lowest BCUT2D eigenvalue weighted by atomic mass is 10.1. The van der Waals surface area contributed by atoms with Crippen molar-refractivity contribution in [2.75, 3.05) is 24.6 Å². The first-order valence-electron chi connectivity index (χ1n) is 5.57. The maximum absolute atomic E-state index is 13.3. The fourth-order valence-corrected chi connectivity index (χ4v) is 2.03. The molecule has 0 saturated carbocycles. The van der Waals surface area contributed by atoms with Gasteiger partial charge in [0.2, 0.25) is 0 Å². The lowest BCUT2D eigenvalue weighted by molar-refractivity contribution is 0.171. The average Bonchev–Trinajstić information content (AvgIpc) is 2.34. The molecule has 0 amide bonds. The minimum absolute atomic E-state index is 0.346. The predicted octanol–water partition coefficient (Wildman–Crippen LogP) is 2.37. The van der Waals surface area contributed by atoms with Gasteiger partial charge in [0.15, 0.2) is 0 Å². The van der Waals surface area contributed by atoms with Crippen molar-refractivity contribution in [1.82, 2.24) is 5.32 Å². The first-order valence-corrected chi connectivity index (χ1v) is 6.73. The molecule has 94 valence electrons. The molecule has 1 unspecified atom stereocenters. The predicted molar refractivity (Wildman–Crippen MR) is 71.8 cm³/mol. The van der Waals surface area contributed by atoms with Crippen LogP contribution >= 0.6 is 11.8 Å². The van der Waals surface area contributed by atoms with Gasteiger partial charge in [-0.1, -0.05) is 24.3 Å². The van der Waals surface area contributed by atoms with Gasteiger partial charge in [0, 0.05) is 30.2 Å². The van der Waals surface area contributed by atoms with Gasteiger partial charge in [-0.25, -0.2) is 4.39 Å². The Balaban J connectivity index is 2.23. The topological polar surface area (TPSA) is 32.3 Å². The Hall–Kier alpha value is -0.840. The van der Waals surface area contributed by atoms with Crippen molar-refractivity contribution in [3.63, 3.8) is 0 Å². The van der Waals surface area contributed by atoms with Crippen molar-refractivity contribution in [3.8, 4) is 0 Å². The van der Waals surface area contributed by atoms with E-state index >= 15 is 0 Å². The van der Waals surface area contributed by atoms with Crippen LogP contribution in [0.4, 0.5) is 4.39 Å². The van der Waals surface area contributed by atoms with Crippen molar-refractivity contribution in [1.29, 1.82) is 0 Å². The zero-order chi connectivity index (χ0) is 12.5. The summed E-state index contributed by atoms with van der Waals surface area (Å²) in [5, 5.41) is 12.9. The summed E-state index contributed by atoms with van der Waals surface area (Å²) in [6, 6.07) is 6.30. The summed E-state index contributed by atoms with van der Waals surface area (Å²) < 4.78 is 13.3. The van der Waals surface area contributed by atoms with E-state index in [1.54, 1.807) is 30.0 Å². The minimum Gasteiger partial charge on any atom is -0.387 e. The van der Waals surface area contributed by atoms with Crippen LogP contribution < -0.4 is 5.32 Å². The zero-order valence-corrected chi connectivity index (χ0v) is 10.5. The third kappa shape index (κ3) is 5.35. The van der Waals surface area contributed by atoms with Crippen molar-refractivity contribution >= 4 is 11.8 Å². The van der Waals surface area contributed by atoms with Gasteiger partial charge in [-0.2, -0.15) is 11.8 Å². The fourth-order valence-electron chi connectivity index (χ4n) is 1.41. The summed E-state index contributed by atoms with van der Waals surface area (Å²) in [6.07, 6.45) is 1.07. The molecule has 1 aromatic carbocycles. The molecular weight excluding hydrogens is 237 g/mol. The number of benzene rings is 1. The SMILES string of the molecule is C=CCSCCNCC(O)c1ccccc1F. The first kappa shape index (κ1) is 14.2. The molecule has 0 heterocycles. The molecule has 4 heteroatoms. The monoisotopic (exact) mass is 255 g/mol. The van der Waals surface area contributed by atoms with E-state index in [1.165, 1.54) is 6.07 Å². The standard InChI is InChI=1S/C13H18FNOS/c1-2-8-17-9-7-15-10-13(16)11-5-3-4-6-12(11)14/h2-6,13,15-16H,1,7-10H2. The fraction of sp³-hybridized carbons (Fsp3) is 0.385. The van der Waals surface area contributed by atoms with E-state index in [0.717, 1.165) is 18.1 Å². The molecule has 0 saturated heterocycles. The summed E-state index contributed by atoms with van der Waals surface area (Å²) in [7, 11) is 0. The van der Waals surface area contributed by atoms with Crippen LogP contribution in [-0.2, 0) is 0 Å². The lowest BCUT2D eigenvalue weighted by Gasteiger charge is -2.12. The lowest BCUT2D eigenvalue weighted by Crippen LogP contribution is -2.24. The third-order valence-corrected chi connectivity index (χ3v) is 3.22. The number of rotatable bonds is 8. The average molecular weight is 255 g/mol. The Bertz CT molecular complexity index is 346. The molecule has 2 N–H and O–H groups in total. The van der Waals surface area contributed by atoms with Gasteiger partial charge in [-0.05, 0) is 6.07 Å². The zero-order valence-electron chi connectivity index (χ0n) is 9.73. The molecule has 0 bridgehead atoms. The molecule has 0 aliphatic heterocycles. The Morgan fingerprint density at radius 3 is 2.94 bits per heavy atom. The molecule has 0 radical (unpaired) electrons. The highest BCUT2D eigenvalue weighted by Gasteiger charge is 2.10. The van der Waals surface area contributed by atoms with Crippen LogP contribution in [0.5, 0.6) is 0 Å². The highest BCUT2D eigenvalue weighted by Crippen LogP contribution is 2.15. The summed E-state index contributed by atoms with van der Waals surface area (Å²) >= 11 is 1.77. The van der Waals surface area contributed by atoms with E-state index in [9.17, 15) is 9.50 Å². The van der Waals surface area contributed by atoms with Crippen LogP contribution in [0.3, 0.4) is 0 Å². The van der Waals surface area contributed by atoms with Gasteiger partial charge >= 0.3 is 0 Å². The molecule has 0 spiro atoms. The van der Waals surface area contributed by atoms with E-state index in [4.69, 9.17) is 0 Å². The van der Waals surface area contributed by atoms with E-state index in [1.807, 2.05) is 6.08 Å². The Labute approximate surface area is 106 Å². The third-order valence-electron chi connectivity index (χ3n) is 2.26. The summed E-state index contributed by atoms with van der Waals surface area (Å²) in [5.41, 5.74) is 0.346.